The molecule has 0 bridgehead atoms. The summed E-state index contributed by atoms with van der Waals surface area (Å²) in [6, 6.07) is 0. The summed E-state index contributed by atoms with van der Waals surface area (Å²) in [5.74, 6) is 1.66. The Kier molecular flexibility index (Phi) is 7.13. The Morgan fingerprint density at radius 2 is 2.17 bits per heavy atom. The Morgan fingerprint density at radius 3 is 2.89 bits per heavy atom. The van der Waals surface area contributed by atoms with Crippen molar-refractivity contribution in [2.45, 2.75) is 38.6 Å². The van der Waals surface area contributed by atoms with E-state index in [2.05, 4.69) is 10.4 Å². The van der Waals surface area contributed by atoms with Crippen molar-refractivity contribution in [3.05, 3.63) is 12.4 Å². The van der Waals surface area contributed by atoms with Gasteiger partial charge in [-0.1, -0.05) is 19.3 Å². The minimum absolute atomic E-state index is 0. The van der Waals surface area contributed by atoms with E-state index >= 15 is 0 Å². The first-order valence-electron chi connectivity index (χ1n) is 6.68. The fraction of sp³-hybridized carbons (Fsp3) is 0.769. The molecule has 0 aliphatic heterocycles. The first-order chi connectivity index (χ1) is 8.38. The molecule has 1 fully saturated rings. The van der Waals surface area contributed by atoms with Gasteiger partial charge in [0.2, 0.25) is 0 Å². The summed E-state index contributed by atoms with van der Waals surface area (Å²) in [5.41, 5.74) is 0. The molecule has 1 aromatic rings. The molecule has 0 saturated heterocycles. The molecule has 1 saturated carbocycles. The van der Waals surface area contributed by atoms with E-state index in [4.69, 9.17) is 4.74 Å². The molecular weight excluding hydrogens is 250 g/mol. The summed E-state index contributed by atoms with van der Waals surface area (Å²) < 4.78 is 7.73. The summed E-state index contributed by atoms with van der Waals surface area (Å²) in [6.45, 7) is 2.69. The lowest BCUT2D eigenvalue weighted by molar-refractivity contribution is 0.208. The van der Waals surface area contributed by atoms with Crippen LogP contribution < -0.4 is 10.1 Å². The quantitative estimate of drug-likeness (QED) is 0.866. The summed E-state index contributed by atoms with van der Waals surface area (Å²) in [6.07, 6.45) is 10.6. The van der Waals surface area contributed by atoms with Gasteiger partial charge < -0.3 is 10.1 Å². The van der Waals surface area contributed by atoms with Gasteiger partial charge in [-0.15, -0.1) is 12.4 Å². The summed E-state index contributed by atoms with van der Waals surface area (Å²) in [4.78, 5) is 0. The highest BCUT2D eigenvalue weighted by molar-refractivity contribution is 5.85. The molecule has 1 aliphatic carbocycles. The predicted molar refractivity (Wildman–Crippen MR) is 75.5 cm³/mol. The van der Waals surface area contributed by atoms with Crippen LogP contribution in [-0.2, 0) is 6.54 Å². The lowest BCUT2D eigenvalue weighted by Crippen LogP contribution is -2.15. The van der Waals surface area contributed by atoms with Gasteiger partial charge in [0, 0.05) is 6.54 Å². The molecule has 0 unspecified atom stereocenters. The van der Waals surface area contributed by atoms with Gasteiger partial charge in [-0.3, -0.25) is 4.68 Å². The van der Waals surface area contributed by atoms with E-state index in [0.29, 0.717) is 0 Å². The van der Waals surface area contributed by atoms with Gasteiger partial charge in [-0.25, -0.2) is 0 Å². The number of hydrogen-bond acceptors (Lipinski definition) is 3. The maximum absolute atomic E-state index is 5.80. The molecule has 0 spiro atoms. The molecule has 18 heavy (non-hydrogen) atoms. The lowest BCUT2D eigenvalue weighted by Gasteiger charge is -2.21. The third-order valence-electron chi connectivity index (χ3n) is 3.41. The summed E-state index contributed by atoms with van der Waals surface area (Å²) in [5, 5.41) is 7.38. The van der Waals surface area contributed by atoms with Crippen LogP contribution in [0, 0.1) is 5.92 Å². The Morgan fingerprint density at radius 1 is 1.39 bits per heavy atom. The molecule has 1 aromatic heterocycles. The number of nitrogens with one attached hydrogen (secondary N) is 1. The molecule has 0 amide bonds. The maximum Gasteiger partial charge on any atom is 0.157 e. The van der Waals surface area contributed by atoms with E-state index in [1.165, 1.54) is 32.1 Å². The van der Waals surface area contributed by atoms with E-state index < -0.39 is 0 Å². The molecule has 0 atom stereocenters. The van der Waals surface area contributed by atoms with E-state index in [1.54, 1.807) is 0 Å². The highest BCUT2D eigenvalue weighted by atomic mass is 35.5. The second-order valence-corrected chi connectivity index (χ2v) is 4.86. The van der Waals surface area contributed by atoms with Crippen molar-refractivity contribution in [3.63, 3.8) is 0 Å². The first kappa shape index (κ1) is 15.3. The van der Waals surface area contributed by atoms with Gasteiger partial charge in [0.1, 0.15) is 0 Å². The van der Waals surface area contributed by atoms with Crippen LogP contribution in [0.3, 0.4) is 0 Å². The molecule has 4 nitrogen and oxygen atoms in total. The second kappa shape index (κ2) is 8.38. The third-order valence-corrected chi connectivity index (χ3v) is 3.41. The maximum atomic E-state index is 5.80. The minimum atomic E-state index is 0. The molecule has 2 rings (SSSR count). The third kappa shape index (κ3) is 4.86. The largest absolute Gasteiger partial charge is 0.490 e. The van der Waals surface area contributed by atoms with E-state index in [9.17, 15) is 0 Å². The van der Waals surface area contributed by atoms with Crippen LogP contribution >= 0.6 is 12.4 Å². The highest BCUT2D eigenvalue weighted by Crippen LogP contribution is 2.24. The monoisotopic (exact) mass is 273 g/mol. The Bertz CT molecular complexity index is 324. The van der Waals surface area contributed by atoms with Crippen molar-refractivity contribution in [1.82, 2.24) is 15.1 Å². The number of likely N-dealkylation sites (N-methyl/N-ethyl adjacent to an activating group) is 1. The van der Waals surface area contributed by atoms with Gasteiger partial charge in [-0.2, -0.15) is 5.10 Å². The number of nitrogens with zero attached hydrogens (tertiary/aromatic N) is 2. The zero-order valence-corrected chi connectivity index (χ0v) is 11.9. The minimum Gasteiger partial charge on any atom is -0.490 e. The topological polar surface area (TPSA) is 39.1 Å². The van der Waals surface area contributed by atoms with E-state index in [1.807, 2.05) is 24.1 Å². The van der Waals surface area contributed by atoms with Crippen LogP contribution in [0.2, 0.25) is 0 Å². The molecular formula is C13H24ClN3O. The first-order valence-corrected chi connectivity index (χ1v) is 6.68. The number of halogens is 1. The zero-order valence-electron chi connectivity index (χ0n) is 11.1. The van der Waals surface area contributed by atoms with Crippen LogP contribution in [0.4, 0.5) is 0 Å². The number of rotatable bonds is 6. The van der Waals surface area contributed by atoms with Crippen LogP contribution in [0.5, 0.6) is 5.75 Å². The lowest BCUT2D eigenvalue weighted by atomic mass is 9.90. The van der Waals surface area contributed by atoms with Crippen LogP contribution in [0.15, 0.2) is 12.4 Å². The second-order valence-electron chi connectivity index (χ2n) is 4.86. The number of aromatic nitrogens is 2. The van der Waals surface area contributed by atoms with Crippen LogP contribution in [-0.4, -0.2) is 30.0 Å². The normalized spacial score (nSPS) is 16.3. The van der Waals surface area contributed by atoms with Crippen molar-refractivity contribution in [3.8, 4) is 5.75 Å². The summed E-state index contributed by atoms with van der Waals surface area (Å²) >= 11 is 0. The summed E-state index contributed by atoms with van der Waals surface area (Å²) in [7, 11) is 1.95. The van der Waals surface area contributed by atoms with Crippen molar-refractivity contribution < 1.29 is 4.74 Å². The van der Waals surface area contributed by atoms with Crippen molar-refractivity contribution in [2.75, 3.05) is 20.2 Å². The molecule has 1 aliphatic rings. The fourth-order valence-electron chi connectivity index (χ4n) is 2.34. The van der Waals surface area contributed by atoms with Crippen LogP contribution in [0.25, 0.3) is 0 Å². The van der Waals surface area contributed by atoms with Crippen LogP contribution in [0.1, 0.15) is 32.1 Å². The van der Waals surface area contributed by atoms with Gasteiger partial charge in [-0.05, 0) is 25.8 Å². The molecule has 0 aromatic carbocycles. The predicted octanol–water partition coefficient (Wildman–Crippen LogP) is 2.48. The molecule has 104 valence electrons. The van der Waals surface area contributed by atoms with Gasteiger partial charge in [0.15, 0.2) is 5.75 Å². The van der Waals surface area contributed by atoms with Crippen molar-refractivity contribution in [2.24, 2.45) is 5.92 Å². The molecule has 5 heteroatoms. The van der Waals surface area contributed by atoms with Crippen molar-refractivity contribution in [1.29, 1.82) is 0 Å². The smallest absolute Gasteiger partial charge is 0.157 e. The Labute approximate surface area is 115 Å². The Hall–Kier alpha value is -0.740. The Balaban J connectivity index is 0.00000162. The SMILES string of the molecule is CNCCn1cc(OCC2CCCCC2)cn1.Cl. The zero-order chi connectivity index (χ0) is 11.9. The number of ether oxygens (including phenoxy) is 1. The highest BCUT2D eigenvalue weighted by Gasteiger charge is 2.14. The van der Waals surface area contributed by atoms with Gasteiger partial charge in [0.05, 0.1) is 25.5 Å². The molecule has 1 N–H and O–H groups in total. The van der Waals surface area contributed by atoms with Gasteiger partial charge in [0.25, 0.3) is 0 Å². The average Bonchev–Trinajstić information content (AvgIpc) is 2.83. The fourth-order valence-corrected chi connectivity index (χ4v) is 2.34. The van der Waals surface area contributed by atoms with E-state index in [-0.39, 0.29) is 12.4 Å². The number of hydrogen-bond donors (Lipinski definition) is 1. The molecule has 1 heterocycles. The van der Waals surface area contributed by atoms with Gasteiger partial charge >= 0.3 is 0 Å². The van der Waals surface area contributed by atoms with Crippen molar-refractivity contribution >= 4 is 12.4 Å². The van der Waals surface area contributed by atoms with E-state index in [0.717, 1.165) is 31.4 Å². The standard InChI is InChI=1S/C13H23N3O.ClH/c1-14-7-8-16-10-13(9-15-16)17-11-12-5-3-2-4-6-12;/h9-10,12,14H,2-8,11H2,1H3;1H. The average molecular weight is 274 g/mol. The molecule has 0 radical (unpaired) electrons.